The Morgan fingerprint density at radius 1 is 1.61 bits per heavy atom. The fourth-order valence-electron chi connectivity index (χ4n) is 1.41. The van der Waals surface area contributed by atoms with E-state index in [9.17, 15) is 4.79 Å². The molecule has 1 aromatic carbocycles. The molecular formula is C12H15N3O2S. The van der Waals surface area contributed by atoms with Crippen LogP contribution in [0, 0.1) is 11.3 Å². The van der Waals surface area contributed by atoms with E-state index in [1.807, 2.05) is 25.1 Å². The first-order chi connectivity index (χ1) is 8.69. The van der Waals surface area contributed by atoms with E-state index in [1.54, 1.807) is 11.8 Å². The summed E-state index contributed by atoms with van der Waals surface area (Å²) in [5, 5.41) is 12.2. The van der Waals surface area contributed by atoms with Crippen LogP contribution in [-0.2, 0) is 4.74 Å². The van der Waals surface area contributed by atoms with Gasteiger partial charge < -0.3 is 15.8 Å². The molecule has 1 aromatic rings. The first-order valence-corrected chi connectivity index (χ1v) is 6.49. The SMILES string of the molecule is CCSc1cccc(NCCOC(N)=O)c1C#N. The van der Waals surface area contributed by atoms with Crippen molar-refractivity contribution in [1.82, 2.24) is 0 Å². The second-order valence-electron chi connectivity index (χ2n) is 3.32. The van der Waals surface area contributed by atoms with Gasteiger partial charge in [0.05, 0.1) is 11.3 Å². The van der Waals surface area contributed by atoms with Crippen molar-refractivity contribution < 1.29 is 9.53 Å². The molecule has 0 aliphatic rings. The first-order valence-electron chi connectivity index (χ1n) is 5.51. The van der Waals surface area contributed by atoms with Gasteiger partial charge in [-0.1, -0.05) is 13.0 Å². The van der Waals surface area contributed by atoms with Crippen molar-refractivity contribution in [1.29, 1.82) is 5.26 Å². The zero-order chi connectivity index (χ0) is 13.4. The molecule has 0 heterocycles. The Balaban J connectivity index is 2.67. The van der Waals surface area contributed by atoms with Gasteiger partial charge in [0.1, 0.15) is 12.7 Å². The Bertz CT molecular complexity index is 457. The minimum Gasteiger partial charge on any atom is -0.448 e. The molecule has 0 atom stereocenters. The normalized spacial score (nSPS) is 9.56. The predicted molar refractivity (Wildman–Crippen MR) is 71.6 cm³/mol. The van der Waals surface area contributed by atoms with Gasteiger partial charge in [0.25, 0.3) is 0 Å². The van der Waals surface area contributed by atoms with Crippen LogP contribution < -0.4 is 11.1 Å². The summed E-state index contributed by atoms with van der Waals surface area (Å²) in [5.74, 6) is 0.906. The van der Waals surface area contributed by atoms with Crippen molar-refractivity contribution in [2.75, 3.05) is 24.2 Å². The van der Waals surface area contributed by atoms with Crippen molar-refractivity contribution in [2.24, 2.45) is 5.73 Å². The van der Waals surface area contributed by atoms with Gasteiger partial charge in [0.2, 0.25) is 0 Å². The lowest BCUT2D eigenvalue weighted by molar-refractivity contribution is 0.161. The molecule has 1 rings (SSSR count). The highest BCUT2D eigenvalue weighted by Gasteiger charge is 2.07. The number of hydrogen-bond acceptors (Lipinski definition) is 5. The van der Waals surface area contributed by atoms with Gasteiger partial charge in [-0.15, -0.1) is 11.8 Å². The molecule has 18 heavy (non-hydrogen) atoms. The van der Waals surface area contributed by atoms with Crippen molar-refractivity contribution in [2.45, 2.75) is 11.8 Å². The zero-order valence-electron chi connectivity index (χ0n) is 10.1. The highest BCUT2D eigenvalue weighted by Crippen LogP contribution is 2.27. The van der Waals surface area contributed by atoms with Crippen LogP contribution in [0.25, 0.3) is 0 Å². The van der Waals surface area contributed by atoms with E-state index in [0.29, 0.717) is 12.1 Å². The summed E-state index contributed by atoms with van der Waals surface area (Å²) in [6, 6.07) is 7.80. The van der Waals surface area contributed by atoms with E-state index in [1.165, 1.54) is 0 Å². The molecule has 1 amide bonds. The summed E-state index contributed by atoms with van der Waals surface area (Å²) in [7, 11) is 0. The second-order valence-corrected chi connectivity index (χ2v) is 4.62. The smallest absolute Gasteiger partial charge is 0.404 e. The maximum atomic E-state index is 10.4. The number of rotatable bonds is 6. The lowest BCUT2D eigenvalue weighted by Crippen LogP contribution is -2.18. The fraction of sp³-hybridized carbons (Fsp3) is 0.333. The molecule has 0 saturated carbocycles. The van der Waals surface area contributed by atoms with Gasteiger partial charge in [-0.05, 0) is 17.9 Å². The number of anilines is 1. The second kappa shape index (κ2) is 7.45. The summed E-state index contributed by atoms with van der Waals surface area (Å²) in [6.07, 6.45) is -0.799. The molecule has 0 aliphatic heterocycles. The molecule has 3 N–H and O–H groups in total. The molecule has 0 radical (unpaired) electrons. The topological polar surface area (TPSA) is 88.1 Å². The molecule has 0 saturated heterocycles. The molecule has 96 valence electrons. The van der Waals surface area contributed by atoms with Gasteiger partial charge in [0.15, 0.2) is 0 Å². The Labute approximate surface area is 110 Å². The Morgan fingerprint density at radius 3 is 3.00 bits per heavy atom. The minimum atomic E-state index is -0.799. The number of primary amides is 1. The van der Waals surface area contributed by atoms with Crippen LogP contribution in [0.15, 0.2) is 23.1 Å². The molecular weight excluding hydrogens is 250 g/mol. The summed E-state index contributed by atoms with van der Waals surface area (Å²) in [4.78, 5) is 11.3. The standard InChI is InChI=1S/C12H15N3O2S/c1-2-18-11-5-3-4-10(9(11)8-13)15-6-7-17-12(14)16/h3-5,15H,2,6-7H2,1H3,(H2,14,16). The van der Waals surface area contributed by atoms with Crippen LogP contribution in [0.1, 0.15) is 12.5 Å². The average Bonchev–Trinajstić information content (AvgIpc) is 2.35. The molecule has 6 heteroatoms. The van der Waals surface area contributed by atoms with Gasteiger partial charge in [-0.25, -0.2) is 4.79 Å². The van der Waals surface area contributed by atoms with Crippen LogP contribution in [0.4, 0.5) is 10.5 Å². The highest BCUT2D eigenvalue weighted by molar-refractivity contribution is 7.99. The monoisotopic (exact) mass is 265 g/mol. The van der Waals surface area contributed by atoms with Gasteiger partial charge in [0, 0.05) is 11.4 Å². The van der Waals surface area contributed by atoms with Gasteiger partial charge in [-0.3, -0.25) is 0 Å². The molecule has 0 aliphatic carbocycles. The summed E-state index contributed by atoms with van der Waals surface area (Å²) in [5.41, 5.74) is 6.20. The Kier molecular flexibility index (Phi) is 5.88. The number of carbonyl (C=O) groups is 1. The highest BCUT2D eigenvalue weighted by atomic mass is 32.2. The van der Waals surface area contributed by atoms with E-state index < -0.39 is 6.09 Å². The predicted octanol–water partition coefficient (Wildman–Crippen LogP) is 2.18. The Morgan fingerprint density at radius 2 is 2.39 bits per heavy atom. The van der Waals surface area contributed by atoms with Crippen LogP contribution >= 0.6 is 11.8 Å². The van der Waals surface area contributed by atoms with Crippen molar-refractivity contribution in [3.05, 3.63) is 23.8 Å². The summed E-state index contributed by atoms with van der Waals surface area (Å²) >= 11 is 1.62. The van der Waals surface area contributed by atoms with Crippen LogP contribution in [-0.4, -0.2) is 25.0 Å². The molecule has 0 bridgehead atoms. The zero-order valence-corrected chi connectivity index (χ0v) is 10.9. The quantitative estimate of drug-likeness (QED) is 0.608. The van der Waals surface area contributed by atoms with E-state index in [2.05, 4.69) is 16.1 Å². The van der Waals surface area contributed by atoms with Crippen LogP contribution in [0.3, 0.4) is 0 Å². The maximum Gasteiger partial charge on any atom is 0.404 e. The number of thioether (sulfide) groups is 1. The first kappa shape index (κ1) is 14.2. The van der Waals surface area contributed by atoms with Crippen LogP contribution in [0.5, 0.6) is 0 Å². The molecule has 5 nitrogen and oxygen atoms in total. The van der Waals surface area contributed by atoms with Crippen molar-refractivity contribution >= 4 is 23.5 Å². The van der Waals surface area contributed by atoms with Crippen molar-refractivity contribution in [3.8, 4) is 6.07 Å². The van der Waals surface area contributed by atoms with Gasteiger partial charge >= 0.3 is 6.09 Å². The van der Waals surface area contributed by atoms with E-state index in [-0.39, 0.29) is 6.61 Å². The number of carbonyl (C=O) groups excluding carboxylic acids is 1. The molecule has 0 unspecified atom stereocenters. The summed E-state index contributed by atoms with van der Waals surface area (Å²) < 4.78 is 4.60. The lowest BCUT2D eigenvalue weighted by atomic mass is 10.2. The number of ether oxygens (including phenoxy) is 1. The average molecular weight is 265 g/mol. The van der Waals surface area contributed by atoms with E-state index in [4.69, 9.17) is 11.0 Å². The molecule has 0 fully saturated rings. The lowest BCUT2D eigenvalue weighted by Gasteiger charge is -2.10. The fourth-order valence-corrected chi connectivity index (χ4v) is 2.19. The van der Waals surface area contributed by atoms with E-state index >= 15 is 0 Å². The Hall–Kier alpha value is -1.87. The van der Waals surface area contributed by atoms with E-state index in [0.717, 1.165) is 16.3 Å². The molecule has 0 aromatic heterocycles. The number of benzene rings is 1. The number of nitrogens with one attached hydrogen (secondary N) is 1. The third-order valence-electron chi connectivity index (χ3n) is 2.10. The summed E-state index contributed by atoms with van der Waals surface area (Å²) in [6.45, 7) is 2.62. The largest absolute Gasteiger partial charge is 0.448 e. The number of nitrogens with two attached hydrogens (primary N) is 1. The van der Waals surface area contributed by atoms with Crippen LogP contribution in [0.2, 0.25) is 0 Å². The van der Waals surface area contributed by atoms with Crippen molar-refractivity contribution in [3.63, 3.8) is 0 Å². The van der Waals surface area contributed by atoms with Gasteiger partial charge in [-0.2, -0.15) is 5.26 Å². The molecule has 0 spiro atoms. The number of nitriles is 1. The number of hydrogen-bond donors (Lipinski definition) is 2. The maximum absolute atomic E-state index is 10.4. The third kappa shape index (κ3) is 4.18. The minimum absolute atomic E-state index is 0.172. The third-order valence-corrected chi connectivity index (χ3v) is 3.04. The number of nitrogens with zero attached hydrogens (tertiary/aromatic N) is 1. The number of amides is 1.